The summed E-state index contributed by atoms with van der Waals surface area (Å²) in [7, 11) is 0. The van der Waals surface area contributed by atoms with Crippen LogP contribution in [0.3, 0.4) is 0 Å². The van der Waals surface area contributed by atoms with E-state index in [4.69, 9.17) is 0 Å². The molecule has 1 N–H and O–H groups in total. The van der Waals surface area contributed by atoms with Crippen molar-refractivity contribution in [3.8, 4) is 0 Å². The molecular formula is C10H18O. The maximum atomic E-state index is 9.62. The minimum atomic E-state index is 0.0605. The van der Waals surface area contributed by atoms with Gasteiger partial charge in [0.2, 0.25) is 0 Å². The SMILES string of the molecule is CCCC[C@@H]1[C@H]2C[C@H]2C[C@H]1O. The fourth-order valence-corrected chi connectivity index (χ4v) is 2.68. The van der Waals surface area contributed by atoms with E-state index in [2.05, 4.69) is 6.92 Å². The number of unbranched alkanes of at least 4 members (excludes halogenated alkanes) is 1. The van der Waals surface area contributed by atoms with Crippen molar-refractivity contribution in [3.05, 3.63) is 0 Å². The number of rotatable bonds is 3. The van der Waals surface area contributed by atoms with Crippen LogP contribution in [-0.4, -0.2) is 11.2 Å². The molecule has 2 aliphatic rings. The molecule has 1 heteroatoms. The van der Waals surface area contributed by atoms with E-state index in [1.807, 2.05) is 0 Å². The lowest BCUT2D eigenvalue weighted by molar-refractivity contribution is 0.107. The molecule has 2 fully saturated rings. The van der Waals surface area contributed by atoms with Gasteiger partial charge in [0.25, 0.3) is 0 Å². The van der Waals surface area contributed by atoms with Crippen LogP contribution in [-0.2, 0) is 0 Å². The number of aliphatic hydroxyl groups excluding tert-OH is 1. The van der Waals surface area contributed by atoms with E-state index in [0.717, 1.165) is 18.3 Å². The topological polar surface area (TPSA) is 20.2 Å². The first-order valence-electron chi connectivity index (χ1n) is 5.01. The Balaban J connectivity index is 1.81. The Hall–Kier alpha value is -0.0400. The fraction of sp³-hybridized carbons (Fsp3) is 1.00. The van der Waals surface area contributed by atoms with Crippen molar-refractivity contribution in [2.45, 2.75) is 45.1 Å². The summed E-state index contributed by atoms with van der Waals surface area (Å²) < 4.78 is 0. The predicted molar refractivity (Wildman–Crippen MR) is 45.2 cm³/mol. The third kappa shape index (κ3) is 1.31. The first-order valence-corrected chi connectivity index (χ1v) is 5.01. The molecule has 2 saturated carbocycles. The van der Waals surface area contributed by atoms with Crippen LogP contribution in [0.1, 0.15) is 39.0 Å². The molecule has 0 bridgehead atoms. The second kappa shape index (κ2) is 2.78. The van der Waals surface area contributed by atoms with Gasteiger partial charge >= 0.3 is 0 Å². The molecule has 64 valence electrons. The van der Waals surface area contributed by atoms with Crippen LogP contribution in [0.5, 0.6) is 0 Å². The summed E-state index contributed by atoms with van der Waals surface area (Å²) in [5.74, 6) is 2.53. The summed E-state index contributed by atoms with van der Waals surface area (Å²) in [4.78, 5) is 0. The van der Waals surface area contributed by atoms with Crippen LogP contribution in [0.2, 0.25) is 0 Å². The van der Waals surface area contributed by atoms with Gasteiger partial charge in [-0.2, -0.15) is 0 Å². The zero-order valence-corrected chi connectivity index (χ0v) is 7.29. The summed E-state index contributed by atoms with van der Waals surface area (Å²) in [6, 6.07) is 0. The van der Waals surface area contributed by atoms with Gasteiger partial charge in [-0.15, -0.1) is 0 Å². The van der Waals surface area contributed by atoms with Crippen LogP contribution >= 0.6 is 0 Å². The van der Waals surface area contributed by atoms with Crippen molar-refractivity contribution < 1.29 is 5.11 Å². The van der Waals surface area contributed by atoms with Gasteiger partial charge in [0.05, 0.1) is 6.10 Å². The van der Waals surface area contributed by atoms with Crippen molar-refractivity contribution in [2.75, 3.05) is 0 Å². The van der Waals surface area contributed by atoms with Gasteiger partial charge in [-0.3, -0.25) is 0 Å². The Labute approximate surface area is 68.8 Å². The zero-order valence-electron chi connectivity index (χ0n) is 7.29. The van der Waals surface area contributed by atoms with Gasteiger partial charge in [0, 0.05) is 0 Å². The van der Waals surface area contributed by atoms with Crippen LogP contribution in [0.25, 0.3) is 0 Å². The second-order valence-corrected chi connectivity index (χ2v) is 4.27. The highest BCUT2D eigenvalue weighted by atomic mass is 16.3. The molecule has 1 nitrogen and oxygen atoms in total. The Morgan fingerprint density at radius 3 is 2.73 bits per heavy atom. The van der Waals surface area contributed by atoms with Crippen molar-refractivity contribution in [2.24, 2.45) is 17.8 Å². The summed E-state index contributed by atoms with van der Waals surface area (Å²) in [6.07, 6.45) is 6.46. The minimum absolute atomic E-state index is 0.0605. The number of aliphatic hydroxyl groups is 1. The summed E-state index contributed by atoms with van der Waals surface area (Å²) in [5.41, 5.74) is 0. The maximum absolute atomic E-state index is 9.62. The predicted octanol–water partition coefficient (Wildman–Crippen LogP) is 2.19. The number of fused-ring (bicyclic) bond motifs is 1. The van der Waals surface area contributed by atoms with Gasteiger partial charge in [-0.1, -0.05) is 19.8 Å². The smallest absolute Gasteiger partial charge is 0.0573 e. The van der Waals surface area contributed by atoms with Gasteiger partial charge in [-0.25, -0.2) is 0 Å². The number of hydrogen-bond donors (Lipinski definition) is 1. The molecule has 11 heavy (non-hydrogen) atoms. The van der Waals surface area contributed by atoms with Crippen LogP contribution in [0.4, 0.5) is 0 Å². The summed E-state index contributed by atoms with van der Waals surface area (Å²) in [5, 5.41) is 9.62. The first-order chi connectivity index (χ1) is 5.33. The summed E-state index contributed by atoms with van der Waals surface area (Å²) in [6.45, 7) is 2.23. The molecule has 0 saturated heterocycles. The van der Waals surface area contributed by atoms with Crippen molar-refractivity contribution in [1.29, 1.82) is 0 Å². The Morgan fingerprint density at radius 1 is 1.36 bits per heavy atom. The molecule has 4 atom stereocenters. The third-order valence-corrected chi connectivity index (χ3v) is 3.46. The monoisotopic (exact) mass is 154 g/mol. The molecule has 2 rings (SSSR count). The lowest BCUT2D eigenvalue weighted by atomic mass is 9.95. The van der Waals surface area contributed by atoms with E-state index >= 15 is 0 Å². The van der Waals surface area contributed by atoms with Crippen LogP contribution in [0, 0.1) is 17.8 Å². The highest BCUT2D eigenvalue weighted by Gasteiger charge is 2.52. The largest absolute Gasteiger partial charge is 0.393 e. The average molecular weight is 154 g/mol. The Bertz CT molecular complexity index is 142. The zero-order chi connectivity index (χ0) is 7.84. The molecule has 0 aromatic carbocycles. The minimum Gasteiger partial charge on any atom is -0.393 e. The molecule has 0 unspecified atom stereocenters. The van der Waals surface area contributed by atoms with Gasteiger partial charge in [-0.05, 0) is 37.0 Å². The fourth-order valence-electron chi connectivity index (χ4n) is 2.68. The lowest BCUT2D eigenvalue weighted by Crippen LogP contribution is -2.17. The first kappa shape index (κ1) is 7.60. The van der Waals surface area contributed by atoms with E-state index in [9.17, 15) is 5.11 Å². The molecule has 0 aliphatic heterocycles. The van der Waals surface area contributed by atoms with Gasteiger partial charge in [0.15, 0.2) is 0 Å². The highest BCUT2D eigenvalue weighted by Crippen LogP contribution is 2.56. The standard InChI is InChI=1S/C10H18O/c1-2-3-4-8-9-5-7(9)6-10(8)11/h7-11H,2-6H2,1H3/t7-,8+,9-,10+/m0/s1. The summed E-state index contributed by atoms with van der Waals surface area (Å²) >= 11 is 0. The number of hydrogen-bond acceptors (Lipinski definition) is 1. The van der Waals surface area contributed by atoms with Crippen LogP contribution in [0.15, 0.2) is 0 Å². The van der Waals surface area contributed by atoms with Crippen LogP contribution < -0.4 is 0 Å². The molecule has 0 radical (unpaired) electrons. The average Bonchev–Trinajstić information content (AvgIpc) is 2.64. The molecule has 0 spiro atoms. The molecule has 2 aliphatic carbocycles. The van der Waals surface area contributed by atoms with E-state index in [1.165, 1.54) is 25.7 Å². The van der Waals surface area contributed by atoms with Gasteiger partial charge in [0.1, 0.15) is 0 Å². The molecule has 0 aromatic rings. The molecule has 0 amide bonds. The third-order valence-electron chi connectivity index (χ3n) is 3.46. The Morgan fingerprint density at radius 2 is 2.18 bits per heavy atom. The normalized spacial score (nSPS) is 47.5. The quantitative estimate of drug-likeness (QED) is 0.660. The lowest BCUT2D eigenvalue weighted by Gasteiger charge is -2.16. The molecule has 0 aromatic heterocycles. The van der Waals surface area contributed by atoms with E-state index in [-0.39, 0.29) is 6.10 Å². The van der Waals surface area contributed by atoms with Crippen molar-refractivity contribution in [3.63, 3.8) is 0 Å². The second-order valence-electron chi connectivity index (χ2n) is 4.27. The van der Waals surface area contributed by atoms with E-state index in [0.29, 0.717) is 5.92 Å². The Kier molecular flexibility index (Phi) is 1.92. The molecular weight excluding hydrogens is 136 g/mol. The van der Waals surface area contributed by atoms with Gasteiger partial charge < -0.3 is 5.11 Å². The maximum Gasteiger partial charge on any atom is 0.0573 e. The van der Waals surface area contributed by atoms with Crippen molar-refractivity contribution in [1.82, 2.24) is 0 Å². The molecule has 0 heterocycles. The van der Waals surface area contributed by atoms with E-state index < -0.39 is 0 Å². The highest BCUT2D eigenvalue weighted by molar-refractivity contribution is 5.01. The van der Waals surface area contributed by atoms with Crippen molar-refractivity contribution >= 4 is 0 Å². The van der Waals surface area contributed by atoms with E-state index in [1.54, 1.807) is 0 Å².